The predicted octanol–water partition coefficient (Wildman–Crippen LogP) is 1.42. The number of hydrogen-bond acceptors (Lipinski definition) is 3. The van der Waals surface area contributed by atoms with Gasteiger partial charge >= 0.3 is 0 Å². The van der Waals surface area contributed by atoms with Crippen molar-refractivity contribution in [3.05, 3.63) is 29.3 Å². The van der Waals surface area contributed by atoms with Crippen LogP contribution in [0, 0.1) is 11.6 Å². The highest BCUT2D eigenvalue weighted by Crippen LogP contribution is 2.24. The molecule has 1 atom stereocenters. The van der Waals surface area contributed by atoms with Gasteiger partial charge in [0.15, 0.2) is 21.5 Å². The van der Waals surface area contributed by atoms with Gasteiger partial charge in [0, 0.05) is 11.8 Å². The molecule has 1 N–H and O–H groups in total. The standard InChI is InChI=1S/C9H10F2O3S/c1-5(12)6-3-4-7(15(2,13)14)9(11)8(6)10/h3-5,12H,1-2H3. The molecule has 0 saturated carbocycles. The van der Waals surface area contributed by atoms with Gasteiger partial charge in [-0.1, -0.05) is 6.07 Å². The lowest BCUT2D eigenvalue weighted by Gasteiger charge is -2.08. The Morgan fingerprint density at radius 3 is 2.20 bits per heavy atom. The zero-order chi connectivity index (χ0) is 11.8. The molecule has 0 saturated heterocycles. The molecule has 0 aliphatic rings. The molecule has 0 amide bonds. The van der Waals surface area contributed by atoms with Gasteiger partial charge in [-0.15, -0.1) is 0 Å². The van der Waals surface area contributed by atoms with Crippen LogP contribution in [0.3, 0.4) is 0 Å². The minimum atomic E-state index is -3.80. The molecule has 0 spiro atoms. The molecule has 0 heterocycles. The van der Waals surface area contributed by atoms with E-state index in [0.29, 0.717) is 0 Å². The van der Waals surface area contributed by atoms with Crippen molar-refractivity contribution < 1.29 is 22.3 Å². The van der Waals surface area contributed by atoms with Crippen molar-refractivity contribution in [3.63, 3.8) is 0 Å². The first-order chi connectivity index (χ1) is 6.75. The Bertz CT molecular complexity index is 480. The fraction of sp³-hybridized carbons (Fsp3) is 0.333. The highest BCUT2D eigenvalue weighted by atomic mass is 32.2. The first-order valence-electron chi connectivity index (χ1n) is 4.11. The maximum atomic E-state index is 13.3. The van der Waals surface area contributed by atoms with E-state index in [1.807, 2.05) is 0 Å². The van der Waals surface area contributed by atoms with Gasteiger partial charge in [-0.25, -0.2) is 17.2 Å². The van der Waals surface area contributed by atoms with E-state index >= 15 is 0 Å². The molecule has 0 fully saturated rings. The quantitative estimate of drug-likeness (QED) is 0.845. The van der Waals surface area contributed by atoms with Crippen LogP contribution < -0.4 is 0 Å². The van der Waals surface area contributed by atoms with Crippen molar-refractivity contribution in [2.45, 2.75) is 17.9 Å². The lowest BCUT2D eigenvalue weighted by molar-refractivity contribution is 0.192. The summed E-state index contributed by atoms with van der Waals surface area (Å²) < 4.78 is 48.5. The molecule has 0 aromatic heterocycles. The monoisotopic (exact) mass is 236 g/mol. The van der Waals surface area contributed by atoms with E-state index in [1.165, 1.54) is 6.92 Å². The number of hydrogen-bond donors (Lipinski definition) is 1. The van der Waals surface area contributed by atoms with Gasteiger partial charge in [-0.2, -0.15) is 0 Å². The molecule has 3 nitrogen and oxygen atoms in total. The Morgan fingerprint density at radius 1 is 1.27 bits per heavy atom. The third-order valence-corrected chi connectivity index (χ3v) is 3.04. The Hall–Kier alpha value is -1.01. The Labute approximate surface area is 86.3 Å². The maximum absolute atomic E-state index is 13.3. The Balaban J connectivity index is 3.48. The van der Waals surface area contributed by atoms with Gasteiger partial charge in [-0.3, -0.25) is 0 Å². The Kier molecular flexibility index (Phi) is 3.11. The van der Waals surface area contributed by atoms with Crippen molar-refractivity contribution in [3.8, 4) is 0 Å². The maximum Gasteiger partial charge on any atom is 0.178 e. The number of halogens is 2. The summed E-state index contributed by atoms with van der Waals surface area (Å²) in [6.45, 7) is 1.26. The molecular formula is C9H10F2O3S. The largest absolute Gasteiger partial charge is 0.389 e. The minimum Gasteiger partial charge on any atom is -0.389 e. The van der Waals surface area contributed by atoms with E-state index < -0.39 is 32.5 Å². The smallest absolute Gasteiger partial charge is 0.178 e. The second-order valence-electron chi connectivity index (χ2n) is 3.23. The summed E-state index contributed by atoms with van der Waals surface area (Å²) in [6.07, 6.45) is -0.402. The summed E-state index contributed by atoms with van der Waals surface area (Å²) >= 11 is 0. The van der Waals surface area contributed by atoms with Gasteiger partial charge < -0.3 is 5.11 Å². The molecule has 1 rings (SSSR count). The minimum absolute atomic E-state index is 0.264. The second-order valence-corrected chi connectivity index (χ2v) is 5.21. The lowest BCUT2D eigenvalue weighted by Crippen LogP contribution is -2.06. The van der Waals surface area contributed by atoms with E-state index in [0.717, 1.165) is 18.4 Å². The van der Waals surface area contributed by atoms with Crippen LogP contribution in [-0.2, 0) is 9.84 Å². The first-order valence-corrected chi connectivity index (χ1v) is 6.00. The molecule has 1 unspecified atom stereocenters. The number of aliphatic hydroxyl groups is 1. The van der Waals surface area contributed by atoms with Gasteiger partial charge in [-0.05, 0) is 13.0 Å². The van der Waals surface area contributed by atoms with Crippen LogP contribution in [0.1, 0.15) is 18.6 Å². The molecule has 15 heavy (non-hydrogen) atoms. The molecular weight excluding hydrogens is 226 g/mol. The van der Waals surface area contributed by atoms with Crippen molar-refractivity contribution in [1.29, 1.82) is 0 Å². The van der Waals surface area contributed by atoms with Crippen LogP contribution in [0.5, 0.6) is 0 Å². The van der Waals surface area contributed by atoms with Crippen LogP contribution in [0.25, 0.3) is 0 Å². The molecule has 0 bridgehead atoms. The normalized spacial score (nSPS) is 13.9. The van der Waals surface area contributed by atoms with Crippen molar-refractivity contribution in [2.24, 2.45) is 0 Å². The SMILES string of the molecule is CC(O)c1ccc(S(C)(=O)=O)c(F)c1F. The van der Waals surface area contributed by atoms with Gasteiger partial charge in [0.1, 0.15) is 4.90 Å². The van der Waals surface area contributed by atoms with E-state index in [-0.39, 0.29) is 5.56 Å². The molecule has 1 aromatic rings. The fourth-order valence-electron chi connectivity index (χ4n) is 1.16. The van der Waals surface area contributed by atoms with Crippen LogP contribution in [0.15, 0.2) is 17.0 Å². The summed E-state index contributed by atoms with van der Waals surface area (Å²) in [4.78, 5) is -0.704. The molecule has 0 aliphatic carbocycles. The molecule has 0 radical (unpaired) electrons. The zero-order valence-corrected chi connectivity index (χ0v) is 8.98. The van der Waals surface area contributed by atoms with Gasteiger partial charge in [0.2, 0.25) is 0 Å². The summed E-state index contributed by atoms with van der Waals surface area (Å²) in [6, 6.07) is 2.00. The highest BCUT2D eigenvalue weighted by Gasteiger charge is 2.21. The molecule has 6 heteroatoms. The number of sulfone groups is 1. The lowest BCUT2D eigenvalue weighted by atomic mass is 10.1. The van der Waals surface area contributed by atoms with Gasteiger partial charge in [0.05, 0.1) is 6.10 Å². The highest BCUT2D eigenvalue weighted by molar-refractivity contribution is 7.90. The van der Waals surface area contributed by atoms with Crippen molar-refractivity contribution >= 4 is 9.84 Å². The predicted molar refractivity (Wildman–Crippen MR) is 50.1 cm³/mol. The van der Waals surface area contributed by atoms with Crippen LogP contribution in [-0.4, -0.2) is 19.8 Å². The number of rotatable bonds is 2. The molecule has 1 aromatic carbocycles. The van der Waals surface area contributed by atoms with Crippen LogP contribution in [0.4, 0.5) is 8.78 Å². The van der Waals surface area contributed by atoms with E-state index in [4.69, 9.17) is 5.11 Å². The average Bonchev–Trinajstić information content (AvgIpc) is 2.06. The molecule has 84 valence electrons. The topological polar surface area (TPSA) is 54.4 Å². The molecule has 0 aliphatic heterocycles. The Morgan fingerprint density at radius 2 is 1.80 bits per heavy atom. The summed E-state index contributed by atoms with van der Waals surface area (Å²) in [5.74, 6) is -2.77. The number of benzene rings is 1. The van der Waals surface area contributed by atoms with Gasteiger partial charge in [0.25, 0.3) is 0 Å². The van der Waals surface area contributed by atoms with E-state index in [1.54, 1.807) is 0 Å². The second kappa shape index (κ2) is 3.86. The first kappa shape index (κ1) is 12.1. The van der Waals surface area contributed by atoms with Crippen molar-refractivity contribution in [1.82, 2.24) is 0 Å². The summed E-state index contributed by atoms with van der Waals surface area (Å²) in [5.41, 5.74) is -0.264. The third kappa shape index (κ3) is 2.32. The third-order valence-electron chi connectivity index (χ3n) is 1.93. The number of aliphatic hydroxyl groups excluding tert-OH is 1. The summed E-state index contributed by atoms with van der Waals surface area (Å²) in [5, 5.41) is 9.07. The van der Waals surface area contributed by atoms with Crippen LogP contribution >= 0.6 is 0 Å². The summed E-state index contributed by atoms with van der Waals surface area (Å²) in [7, 11) is -3.80. The zero-order valence-electron chi connectivity index (χ0n) is 8.16. The average molecular weight is 236 g/mol. The van der Waals surface area contributed by atoms with E-state index in [9.17, 15) is 17.2 Å². The van der Waals surface area contributed by atoms with Crippen LogP contribution in [0.2, 0.25) is 0 Å². The van der Waals surface area contributed by atoms with Crippen molar-refractivity contribution in [2.75, 3.05) is 6.26 Å². The van der Waals surface area contributed by atoms with E-state index in [2.05, 4.69) is 0 Å². The fourth-order valence-corrected chi connectivity index (χ4v) is 1.89.